The Morgan fingerprint density at radius 1 is 1.47 bits per heavy atom. The highest BCUT2D eigenvalue weighted by Crippen LogP contribution is 2.17. The summed E-state index contributed by atoms with van der Waals surface area (Å²) in [7, 11) is 0. The minimum atomic E-state index is -0.415. The van der Waals surface area contributed by atoms with Gasteiger partial charge in [-0.2, -0.15) is 0 Å². The number of carbonyl (C=O) groups is 1. The second-order valence-corrected chi connectivity index (χ2v) is 3.93. The van der Waals surface area contributed by atoms with Gasteiger partial charge in [-0.1, -0.05) is 17.2 Å². The van der Waals surface area contributed by atoms with E-state index in [9.17, 15) is 9.90 Å². The van der Waals surface area contributed by atoms with Gasteiger partial charge in [0.2, 0.25) is 0 Å². The van der Waals surface area contributed by atoms with Crippen LogP contribution in [0, 0.1) is 0 Å². The lowest BCUT2D eigenvalue weighted by Crippen LogP contribution is -2.29. The Labute approximate surface area is 98.1 Å². The van der Waals surface area contributed by atoms with Crippen LogP contribution in [0.4, 0.5) is 5.69 Å². The number of rotatable bonds is 2. The van der Waals surface area contributed by atoms with Crippen molar-refractivity contribution >= 4 is 11.6 Å². The molecule has 0 spiro atoms. The highest BCUT2D eigenvalue weighted by molar-refractivity contribution is 5.94. The lowest BCUT2D eigenvalue weighted by Gasteiger charge is -2.15. The van der Waals surface area contributed by atoms with Crippen molar-refractivity contribution in [1.82, 2.24) is 4.90 Å². The van der Waals surface area contributed by atoms with Gasteiger partial charge >= 0.3 is 0 Å². The fourth-order valence-electron chi connectivity index (χ4n) is 1.83. The van der Waals surface area contributed by atoms with Crippen LogP contribution in [0.1, 0.15) is 16.8 Å². The molecule has 1 fully saturated rings. The van der Waals surface area contributed by atoms with Gasteiger partial charge in [0.15, 0.2) is 0 Å². The molecule has 1 amide bonds. The Kier molecular flexibility index (Phi) is 3.27. The van der Waals surface area contributed by atoms with E-state index >= 15 is 0 Å². The van der Waals surface area contributed by atoms with E-state index in [2.05, 4.69) is 10.0 Å². The molecule has 6 heteroatoms. The number of nitrogens with zero attached hydrogens (tertiary/aromatic N) is 4. The van der Waals surface area contributed by atoms with Gasteiger partial charge in [0, 0.05) is 29.3 Å². The third kappa shape index (κ3) is 2.55. The SMILES string of the molecule is [N-]=[N+]=Nc1ccc(C(=O)N2CC[C@@H](O)C2)cc1. The summed E-state index contributed by atoms with van der Waals surface area (Å²) in [4.78, 5) is 16.3. The van der Waals surface area contributed by atoms with Crippen LogP contribution in [0.5, 0.6) is 0 Å². The zero-order chi connectivity index (χ0) is 12.3. The van der Waals surface area contributed by atoms with Crippen molar-refractivity contribution in [3.8, 4) is 0 Å². The first-order chi connectivity index (χ1) is 8.20. The van der Waals surface area contributed by atoms with Crippen LogP contribution in [-0.4, -0.2) is 35.1 Å². The molecule has 1 atom stereocenters. The summed E-state index contributed by atoms with van der Waals surface area (Å²) in [5, 5.41) is 12.8. The molecule has 0 aromatic heterocycles. The molecule has 0 unspecified atom stereocenters. The van der Waals surface area contributed by atoms with Gasteiger partial charge in [-0.25, -0.2) is 0 Å². The van der Waals surface area contributed by atoms with Crippen LogP contribution < -0.4 is 0 Å². The summed E-state index contributed by atoms with van der Waals surface area (Å²) in [6, 6.07) is 6.44. The zero-order valence-corrected chi connectivity index (χ0v) is 9.15. The summed E-state index contributed by atoms with van der Waals surface area (Å²) >= 11 is 0. The number of likely N-dealkylation sites (tertiary alicyclic amines) is 1. The Hall–Kier alpha value is -2.04. The van der Waals surface area contributed by atoms with Crippen LogP contribution in [0.2, 0.25) is 0 Å². The maximum absolute atomic E-state index is 12.0. The minimum Gasteiger partial charge on any atom is -0.391 e. The summed E-state index contributed by atoms with van der Waals surface area (Å²) in [5.41, 5.74) is 9.27. The highest BCUT2D eigenvalue weighted by Gasteiger charge is 2.25. The first-order valence-corrected chi connectivity index (χ1v) is 5.33. The number of amides is 1. The molecular weight excluding hydrogens is 220 g/mol. The van der Waals surface area contributed by atoms with E-state index in [0.29, 0.717) is 30.8 Å². The molecule has 1 aliphatic heterocycles. The molecule has 2 rings (SSSR count). The summed E-state index contributed by atoms with van der Waals surface area (Å²) < 4.78 is 0. The molecule has 1 aromatic carbocycles. The van der Waals surface area contributed by atoms with Gasteiger partial charge in [0.05, 0.1) is 6.10 Å². The number of β-amino-alcohol motifs (C(OH)–C–C–N with tert-alkyl or cyclic N) is 1. The molecule has 0 saturated carbocycles. The normalized spacial score (nSPS) is 18.9. The topological polar surface area (TPSA) is 89.3 Å². The smallest absolute Gasteiger partial charge is 0.253 e. The number of azide groups is 1. The highest BCUT2D eigenvalue weighted by atomic mass is 16.3. The maximum Gasteiger partial charge on any atom is 0.253 e. The predicted molar refractivity (Wildman–Crippen MR) is 61.8 cm³/mol. The van der Waals surface area contributed by atoms with Crippen molar-refractivity contribution in [3.05, 3.63) is 40.3 Å². The van der Waals surface area contributed by atoms with Gasteiger partial charge in [-0.05, 0) is 24.1 Å². The number of benzene rings is 1. The van der Waals surface area contributed by atoms with Crippen LogP contribution in [0.3, 0.4) is 0 Å². The molecule has 6 nitrogen and oxygen atoms in total. The Balaban J connectivity index is 2.11. The molecule has 88 valence electrons. The zero-order valence-electron chi connectivity index (χ0n) is 9.15. The van der Waals surface area contributed by atoms with Crippen molar-refractivity contribution < 1.29 is 9.90 Å². The maximum atomic E-state index is 12.0. The van der Waals surface area contributed by atoms with E-state index in [0.717, 1.165) is 0 Å². The fourth-order valence-corrected chi connectivity index (χ4v) is 1.83. The molecule has 0 bridgehead atoms. The van der Waals surface area contributed by atoms with E-state index in [4.69, 9.17) is 5.53 Å². The van der Waals surface area contributed by atoms with E-state index in [-0.39, 0.29) is 5.91 Å². The first-order valence-electron chi connectivity index (χ1n) is 5.33. The van der Waals surface area contributed by atoms with Gasteiger partial charge in [0.1, 0.15) is 0 Å². The van der Waals surface area contributed by atoms with E-state index in [1.54, 1.807) is 29.2 Å². The van der Waals surface area contributed by atoms with E-state index in [1.807, 2.05) is 0 Å². The second kappa shape index (κ2) is 4.86. The average molecular weight is 232 g/mol. The number of hydrogen-bond acceptors (Lipinski definition) is 3. The number of aliphatic hydroxyl groups excluding tert-OH is 1. The summed E-state index contributed by atoms with van der Waals surface area (Å²) in [6.07, 6.45) is 0.212. The predicted octanol–water partition coefficient (Wildman–Crippen LogP) is 1.84. The summed E-state index contributed by atoms with van der Waals surface area (Å²) in [5.74, 6) is -0.103. The largest absolute Gasteiger partial charge is 0.391 e. The molecule has 0 aliphatic carbocycles. The van der Waals surface area contributed by atoms with Gasteiger partial charge in [0.25, 0.3) is 5.91 Å². The molecule has 0 radical (unpaired) electrons. The van der Waals surface area contributed by atoms with Crippen molar-refractivity contribution in [2.45, 2.75) is 12.5 Å². The third-order valence-corrected chi connectivity index (χ3v) is 2.73. The number of aliphatic hydroxyl groups is 1. The lowest BCUT2D eigenvalue weighted by molar-refractivity contribution is 0.0765. The molecule has 1 N–H and O–H groups in total. The molecule has 1 aromatic rings. The van der Waals surface area contributed by atoms with Crippen molar-refractivity contribution in [1.29, 1.82) is 0 Å². The summed E-state index contributed by atoms with van der Waals surface area (Å²) in [6.45, 7) is 0.967. The Morgan fingerprint density at radius 2 is 2.18 bits per heavy atom. The van der Waals surface area contributed by atoms with Crippen LogP contribution in [-0.2, 0) is 0 Å². The standard InChI is InChI=1S/C11H12N4O2/c12-14-13-9-3-1-8(2-4-9)11(17)15-6-5-10(16)7-15/h1-4,10,16H,5-7H2/t10-/m1/s1. The van der Waals surface area contributed by atoms with Crippen LogP contribution >= 0.6 is 0 Å². The Bertz CT molecular complexity index is 465. The van der Waals surface area contributed by atoms with Crippen LogP contribution in [0.15, 0.2) is 29.4 Å². The van der Waals surface area contributed by atoms with Gasteiger partial charge in [-0.3, -0.25) is 4.79 Å². The number of hydrogen-bond donors (Lipinski definition) is 1. The van der Waals surface area contributed by atoms with Crippen molar-refractivity contribution in [2.75, 3.05) is 13.1 Å². The molecular formula is C11H12N4O2. The molecule has 17 heavy (non-hydrogen) atoms. The molecule has 1 heterocycles. The first kappa shape index (κ1) is 11.4. The quantitative estimate of drug-likeness (QED) is 0.479. The number of carbonyl (C=O) groups excluding carboxylic acids is 1. The molecule has 1 aliphatic rings. The Morgan fingerprint density at radius 3 is 2.71 bits per heavy atom. The van der Waals surface area contributed by atoms with Crippen molar-refractivity contribution in [3.63, 3.8) is 0 Å². The van der Waals surface area contributed by atoms with Gasteiger partial charge in [-0.15, -0.1) is 0 Å². The average Bonchev–Trinajstić information content (AvgIpc) is 2.76. The lowest BCUT2D eigenvalue weighted by atomic mass is 10.2. The molecule has 1 saturated heterocycles. The second-order valence-electron chi connectivity index (χ2n) is 3.93. The van der Waals surface area contributed by atoms with Crippen LogP contribution in [0.25, 0.3) is 10.4 Å². The van der Waals surface area contributed by atoms with E-state index < -0.39 is 6.10 Å². The van der Waals surface area contributed by atoms with Gasteiger partial charge < -0.3 is 10.0 Å². The minimum absolute atomic E-state index is 0.103. The third-order valence-electron chi connectivity index (χ3n) is 2.73. The van der Waals surface area contributed by atoms with E-state index in [1.165, 1.54) is 0 Å². The van der Waals surface area contributed by atoms with Crippen molar-refractivity contribution in [2.24, 2.45) is 5.11 Å². The monoisotopic (exact) mass is 232 g/mol. The fraction of sp³-hybridized carbons (Fsp3) is 0.364.